The van der Waals surface area contributed by atoms with Crippen LogP contribution in [0, 0.1) is 11.8 Å². The topological polar surface area (TPSA) is 81.2 Å². The minimum absolute atomic E-state index is 0.0516. The van der Waals surface area contributed by atoms with Crippen molar-refractivity contribution in [2.75, 3.05) is 4.72 Å². The molecule has 0 aliphatic heterocycles. The molecule has 0 unspecified atom stereocenters. The van der Waals surface area contributed by atoms with Crippen molar-refractivity contribution < 1.29 is 13.2 Å². The van der Waals surface area contributed by atoms with Crippen LogP contribution in [0.5, 0.6) is 5.75 Å². The van der Waals surface area contributed by atoms with Crippen LogP contribution >= 0.6 is 0 Å². The van der Waals surface area contributed by atoms with Crippen LogP contribution in [-0.4, -0.2) is 24.5 Å². The van der Waals surface area contributed by atoms with Gasteiger partial charge in [0.2, 0.25) is 0 Å². The van der Waals surface area contributed by atoms with Gasteiger partial charge in [-0.2, -0.15) is 0 Å². The van der Waals surface area contributed by atoms with Crippen molar-refractivity contribution in [3.63, 3.8) is 0 Å². The van der Waals surface area contributed by atoms with E-state index in [0.717, 1.165) is 5.56 Å². The summed E-state index contributed by atoms with van der Waals surface area (Å²) >= 11 is 0. The first-order valence-corrected chi connectivity index (χ1v) is 11.5. The average molecular weight is 444 g/mol. The molecule has 0 bridgehead atoms. The molecule has 32 heavy (non-hydrogen) atoms. The second-order valence-electron chi connectivity index (χ2n) is 7.27. The van der Waals surface area contributed by atoms with Crippen LogP contribution in [0.25, 0.3) is 10.9 Å². The zero-order chi connectivity index (χ0) is 22.6. The second-order valence-corrected chi connectivity index (χ2v) is 8.92. The van der Waals surface area contributed by atoms with Crippen molar-refractivity contribution in [2.45, 2.75) is 24.8 Å². The zero-order valence-electron chi connectivity index (χ0n) is 17.6. The SMILES string of the molecule is CC(C)Oc1ccc(S(=O)(=O)Nc2ccccc2C#Cc2cccnc2)c2ncccc12. The van der Waals surface area contributed by atoms with Gasteiger partial charge in [-0.15, -0.1) is 0 Å². The minimum atomic E-state index is -3.94. The summed E-state index contributed by atoms with van der Waals surface area (Å²) in [7, 11) is -3.94. The van der Waals surface area contributed by atoms with E-state index >= 15 is 0 Å². The van der Waals surface area contributed by atoms with Crippen LogP contribution in [-0.2, 0) is 10.0 Å². The molecule has 0 radical (unpaired) electrons. The molecule has 0 fully saturated rings. The highest BCUT2D eigenvalue weighted by Crippen LogP contribution is 2.31. The third kappa shape index (κ3) is 4.71. The van der Waals surface area contributed by atoms with Gasteiger partial charge in [0.1, 0.15) is 10.6 Å². The molecular weight excluding hydrogens is 422 g/mol. The fourth-order valence-electron chi connectivity index (χ4n) is 3.15. The number of nitrogens with zero attached hydrogens (tertiary/aromatic N) is 2. The Morgan fingerprint density at radius 2 is 1.75 bits per heavy atom. The first kappa shape index (κ1) is 21.3. The van der Waals surface area contributed by atoms with Gasteiger partial charge < -0.3 is 4.74 Å². The van der Waals surface area contributed by atoms with E-state index in [-0.39, 0.29) is 11.0 Å². The first-order chi connectivity index (χ1) is 15.4. The number of sulfonamides is 1. The summed E-state index contributed by atoms with van der Waals surface area (Å²) in [6.07, 6.45) is 4.83. The van der Waals surface area contributed by atoms with Crippen LogP contribution in [0.3, 0.4) is 0 Å². The van der Waals surface area contributed by atoms with Gasteiger partial charge in [0.25, 0.3) is 10.0 Å². The lowest BCUT2D eigenvalue weighted by molar-refractivity contribution is 0.245. The molecule has 0 amide bonds. The smallest absolute Gasteiger partial charge is 0.264 e. The van der Waals surface area contributed by atoms with Gasteiger partial charge in [-0.25, -0.2) is 8.42 Å². The highest BCUT2D eigenvalue weighted by molar-refractivity contribution is 7.93. The normalized spacial score (nSPS) is 11.1. The predicted octanol–water partition coefficient (Wildman–Crippen LogP) is 4.62. The van der Waals surface area contributed by atoms with Crippen LogP contribution in [0.15, 0.2) is 84.1 Å². The summed E-state index contributed by atoms with van der Waals surface area (Å²) in [5.74, 6) is 6.61. The number of rotatable bonds is 5. The van der Waals surface area contributed by atoms with Crippen LogP contribution in [0.2, 0.25) is 0 Å². The van der Waals surface area contributed by atoms with Crippen molar-refractivity contribution in [1.82, 2.24) is 9.97 Å². The van der Waals surface area contributed by atoms with Crippen molar-refractivity contribution >= 4 is 26.6 Å². The zero-order valence-corrected chi connectivity index (χ0v) is 18.4. The third-order valence-electron chi connectivity index (χ3n) is 4.52. The fraction of sp³-hybridized carbons (Fsp3) is 0.120. The molecule has 0 aliphatic carbocycles. The molecule has 4 aromatic rings. The van der Waals surface area contributed by atoms with Gasteiger partial charge in [0.15, 0.2) is 0 Å². The Labute approximate surface area is 187 Å². The number of fused-ring (bicyclic) bond motifs is 1. The summed E-state index contributed by atoms with van der Waals surface area (Å²) in [4.78, 5) is 8.43. The summed E-state index contributed by atoms with van der Waals surface area (Å²) in [5.41, 5.74) is 2.02. The molecule has 0 saturated carbocycles. The molecule has 4 rings (SSSR count). The Morgan fingerprint density at radius 1 is 0.938 bits per heavy atom. The Bertz CT molecular complexity index is 1420. The van der Waals surface area contributed by atoms with Gasteiger partial charge in [0, 0.05) is 35.1 Å². The number of benzene rings is 2. The lowest BCUT2D eigenvalue weighted by atomic mass is 10.2. The maximum atomic E-state index is 13.3. The Balaban J connectivity index is 1.73. The molecule has 160 valence electrons. The highest BCUT2D eigenvalue weighted by atomic mass is 32.2. The molecule has 0 atom stereocenters. The molecule has 2 aromatic heterocycles. The van der Waals surface area contributed by atoms with Crippen LogP contribution in [0.4, 0.5) is 5.69 Å². The molecule has 2 heterocycles. The van der Waals surface area contributed by atoms with Crippen molar-refractivity contribution in [3.05, 3.63) is 90.4 Å². The van der Waals surface area contributed by atoms with Crippen molar-refractivity contribution in [3.8, 4) is 17.6 Å². The van der Waals surface area contributed by atoms with E-state index in [2.05, 4.69) is 26.5 Å². The lowest BCUT2D eigenvalue weighted by Crippen LogP contribution is -2.15. The van der Waals surface area contributed by atoms with Gasteiger partial charge >= 0.3 is 0 Å². The molecule has 7 heteroatoms. The molecular formula is C25H21N3O3S. The standard InChI is InChI=1S/C25H21N3O3S/c1-18(2)31-23-13-14-24(25-21(23)9-6-16-27-25)32(29,30)28-22-10-4-3-8-20(22)12-11-19-7-5-15-26-17-19/h3-10,13-18,28H,1-2H3. The van der Waals surface area contributed by atoms with E-state index in [4.69, 9.17) is 4.74 Å². The number of pyridine rings is 2. The van der Waals surface area contributed by atoms with Crippen LogP contribution in [0.1, 0.15) is 25.0 Å². The monoisotopic (exact) mass is 443 g/mol. The number of hydrogen-bond acceptors (Lipinski definition) is 5. The predicted molar refractivity (Wildman–Crippen MR) is 125 cm³/mol. The summed E-state index contributed by atoms with van der Waals surface area (Å²) in [6, 6.07) is 17.4. The number of anilines is 1. The van der Waals surface area contributed by atoms with Gasteiger partial charge in [-0.3, -0.25) is 14.7 Å². The fourth-order valence-corrected chi connectivity index (χ4v) is 4.39. The largest absolute Gasteiger partial charge is 0.490 e. The third-order valence-corrected chi connectivity index (χ3v) is 5.92. The van der Waals surface area contributed by atoms with E-state index in [1.54, 1.807) is 67.1 Å². The Kier molecular flexibility index (Phi) is 6.06. The first-order valence-electron chi connectivity index (χ1n) is 10.0. The van der Waals surface area contributed by atoms with E-state index in [0.29, 0.717) is 27.9 Å². The second kappa shape index (κ2) is 9.08. The molecule has 0 spiro atoms. The van der Waals surface area contributed by atoms with Gasteiger partial charge in [-0.05, 0) is 62.4 Å². The van der Waals surface area contributed by atoms with E-state index in [1.165, 1.54) is 6.07 Å². The van der Waals surface area contributed by atoms with E-state index < -0.39 is 10.0 Å². The summed E-state index contributed by atoms with van der Waals surface area (Å²) in [6.45, 7) is 3.83. The van der Waals surface area contributed by atoms with E-state index in [9.17, 15) is 8.42 Å². The molecule has 2 aromatic carbocycles. The average Bonchev–Trinajstić information content (AvgIpc) is 2.79. The maximum absolute atomic E-state index is 13.3. The van der Waals surface area contributed by atoms with Crippen molar-refractivity contribution in [2.24, 2.45) is 0 Å². The van der Waals surface area contributed by atoms with E-state index in [1.807, 2.05) is 19.9 Å². The summed E-state index contributed by atoms with van der Waals surface area (Å²) in [5, 5.41) is 0.633. The number of nitrogens with one attached hydrogen (secondary N) is 1. The van der Waals surface area contributed by atoms with Crippen LogP contribution < -0.4 is 9.46 Å². The highest BCUT2D eigenvalue weighted by Gasteiger charge is 2.21. The number of aromatic nitrogens is 2. The number of ether oxygens (including phenoxy) is 1. The maximum Gasteiger partial charge on any atom is 0.264 e. The lowest BCUT2D eigenvalue weighted by Gasteiger charge is -2.15. The quantitative estimate of drug-likeness (QED) is 0.455. The number of para-hydroxylation sites is 1. The van der Waals surface area contributed by atoms with Gasteiger partial charge in [-0.1, -0.05) is 24.0 Å². The molecule has 6 nitrogen and oxygen atoms in total. The molecule has 0 saturated heterocycles. The van der Waals surface area contributed by atoms with Gasteiger partial charge in [0.05, 0.1) is 17.3 Å². The minimum Gasteiger partial charge on any atom is -0.490 e. The summed E-state index contributed by atoms with van der Waals surface area (Å²) < 4.78 is 35.1. The Hall–Kier alpha value is -3.89. The molecule has 0 aliphatic rings. The molecule has 1 N–H and O–H groups in total. The number of hydrogen-bond donors (Lipinski definition) is 1. The Morgan fingerprint density at radius 3 is 2.53 bits per heavy atom. The van der Waals surface area contributed by atoms with Crippen molar-refractivity contribution in [1.29, 1.82) is 0 Å².